The molecular formula is C17H16F3N3O3S. The van der Waals surface area contributed by atoms with Gasteiger partial charge in [0, 0.05) is 17.1 Å². The predicted octanol–water partition coefficient (Wildman–Crippen LogP) is 3.04. The molecule has 2 aromatic rings. The van der Waals surface area contributed by atoms with Crippen molar-refractivity contribution in [3.63, 3.8) is 0 Å². The molecule has 0 aromatic carbocycles. The fourth-order valence-electron chi connectivity index (χ4n) is 2.61. The van der Waals surface area contributed by atoms with Crippen LogP contribution >= 0.6 is 11.3 Å². The van der Waals surface area contributed by atoms with Gasteiger partial charge >= 0.3 is 6.18 Å². The number of pyridine rings is 1. The quantitative estimate of drug-likeness (QED) is 0.775. The standard InChI is InChI=1S/C17H16F3N3O3S/c18-17(19,20)9-26-14-6-5-11(8-21-14)15(24)22-23-16(25)13-7-10-3-1-2-4-12(10)27-13/h5-8H,1-4,9H2,(H,22,24)(H,23,25). The largest absolute Gasteiger partial charge is 0.468 e. The average molecular weight is 399 g/mol. The van der Waals surface area contributed by atoms with E-state index in [2.05, 4.69) is 20.6 Å². The van der Waals surface area contributed by atoms with E-state index in [1.54, 1.807) is 0 Å². The van der Waals surface area contributed by atoms with E-state index in [9.17, 15) is 22.8 Å². The predicted molar refractivity (Wildman–Crippen MR) is 91.7 cm³/mol. The summed E-state index contributed by atoms with van der Waals surface area (Å²) in [5.74, 6) is -1.31. The lowest BCUT2D eigenvalue weighted by atomic mass is 9.99. The second-order valence-corrected chi connectivity index (χ2v) is 7.10. The van der Waals surface area contributed by atoms with E-state index >= 15 is 0 Å². The third-order valence-electron chi connectivity index (χ3n) is 3.89. The Morgan fingerprint density at radius 2 is 1.89 bits per heavy atom. The summed E-state index contributed by atoms with van der Waals surface area (Å²) in [5, 5.41) is 0. The van der Waals surface area contributed by atoms with Gasteiger partial charge in [-0.3, -0.25) is 20.4 Å². The highest BCUT2D eigenvalue weighted by Gasteiger charge is 2.28. The van der Waals surface area contributed by atoms with Crippen LogP contribution in [0.15, 0.2) is 24.4 Å². The zero-order valence-electron chi connectivity index (χ0n) is 14.1. The van der Waals surface area contributed by atoms with Crippen molar-refractivity contribution in [3.05, 3.63) is 45.3 Å². The van der Waals surface area contributed by atoms with Gasteiger partial charge in [-0.05, 0) is 43.4 Å². The molecule has 2 heterocycles. The van der Waals surface area contributed by atoms with Crippen LogP contribution < -0.4 is 15.6 Å². The zero-order chi connectivity index (χ0) is 19.4. The normalized spacial score (nSPS) is 13.6. The Bertz CT molecular complexity index is 811. The lowest BCUT2D eigenvalue weighted by Gasteiger charge is -2.09. The third-order valence-corrected chi connectivity index (χ3v) is 5.13. The molecule has 0 radical (unpaired) electrons. The highest BCUT2D eigenvalue weighted by molar-refractivity contribution is 7.14. The Morgan fingerprint density at radius 1 is 1.15 bits per heavy atom. The molecule has 2 amide bonds. The number of nitrogens with one attached hydrogen (secondary N) is 2. The maximum atomic E-state index is 12.2. The first kappa shape index (κ1) is 19.2. The minimum Gasteiger partial charge on any atom is -0.468 e. The van der Waals surface area contributed by atoms with Gasteiger partial charge in [0.2, 0.25) is 5.88 Å². The van der Waals surface area contributed by atoms with Crippen LogP contribution in [0.1, 0.15) is 43.3 Å². The number of aryl methyl sites for hydroxylation is 2. The van der Waals surface area contributed by atoms with Crippen LogP contribution in [-0.4, -0.2) is 29.6 Å². The molecule has 0 saturated carbocycles. The first-order chi connectivity index (χ1) is 12.8. The molecule has 0 fully saturated rings. The van der Waals surface area contributed by atoms with Crippen LogP contribution in [0.2, 0.25) is 0 Å². The summed E-state index contributed by atoms with van der Waals surface area (Å²) in [6.07, 6.45) is 0.742. The second kappa shape index (κ2) is 7.95. The van der Waals surface area contributed by atoms with E-state index in [1.165, 1.54) is 27.8 Å². The molecule has 0 saturated heterocycles. The van der Waals surface area contributed by atoms with Crippen molar-refractivity contribution >= 4 is 23.2 Å². The van der Waals surface area contributed by atoms with Gasteiger partial charge in [0.15, 0.2) is 6.61 Å². The van der Waals surface area contributed by atoms with Crippen LogP contribution in [0.25, 0.3) is 0 Å². The van der Waals surface area contributed by atoms with E-state index in [-0.39, 0.29) is 11.4 Å². The zero-order valence-corrected chi connectivity index (χ0v) is 14.9. The minimum atomic E-state index is -4.47. The molecule has 144 valence electrons. The summed E-state index contributed by atoms with van der Waals surface area (Å²) in [7, 11) is 0. The van der Waals surface area contributed by atoms with Crippen molar-refractivity contribution in [3.8, 4) is 5.88 Å². The van der Waals surface area contributed by atoms with Crippen LogP contribution in [0.3, 0.4) is 0 Å². The number of rotatable bonds is 4. The fraction of sp³-hybridized carbons (Fsp3) is 0.353. The Labute approximate surface area is 156 Å². The number of alkyl halides is 3. The van der Waals surface area contributed by atoms with Gasteiger partial charge in [0.1, 0.15) is 0 Å². The number of carbonyl (C=O) groups excluding carboxylic acids is 2. The Morgan fingerprint density at radius 3 is 2.56 bits per heavy atom. The van der Waals surface area contributed by atoms with Crippen molar-refractivity contribution in [1.82, 2.24) is 15.8 Å². The molecular weight excluding hydrogens is 383 g/mol. The van der Waals surface area contributed by atoms with Gasteiger partial charge in [-0.25, -0.2) is 4.98 Å². The number of carbonyl (C=O) groups is 2. The average Bonchev–Trinajstić information content (AvgIpc) is 3.08. The smallest absolute Gasteiger partial charge is 0.422 e. The summed E-state index contributed by atoms with van der Waals surface area (Å²) in [5.41, 5.74) is 5.84. The van der Waals surface area contributed by atoms with Gasteiger partial charge in [-0.1, -0.05) is 0 Å². The summed E-state index contributed by atoms with van der Waals surface area (Å²) in [6.45, 7) is -1.47. The highest BCUT2D eigenvalue weighted by atomic mass is 32.1. The number of hydrogen-bond acceptors (Lipinski definition) is 5. The molecule has 0 atom stereocenters. The van der Waals surface area contributed by atoms with E-state index in [1.807, 2.05) is 6.07 Å². The molecule has 0 bridgehead atoms. The lowest BCUT2D eigenvalue weighted by molar-refractivity contribution is -0.154. The number of amides is 2. The second-order valence-electron chi connectivity index (χ2n) is 5.96. The van der Waals surface area contributed by atoms with E-state index in [0.29, 0.717) is 4.88 Å². The molecule has 0 spiro atoms. The Kier molecular flexibility index (Phi) is 5.64. The van der Waals surface area contributed by atoms with Crippen molar-refractivity contribution in [2.45, 2.75) is 31.9 Å². The Hall–Kier alpha value is -2.62. The summed E-state index contributed by atoms with van der Waals surface area (Å²) < 4.78 is 40.7. The van der Waals surface area contributed by atoms with Crippen molar-refractivity contribution < 1.29 is 27.5 Å². The Balaban J connectivity index is 1.52. The first-order valence-corrected chi connectivity index (χ1v) is 9.01. The van der Waals surface area contributed by atoms with E-state index < -0.39 is 24.6 Å². The van der Waals surface area contributed by atoms with Gasteiger partial charge in [-0.15, -0.1) is 11.3 Å². The van der Waals surface area contributed by atoms with E-state index in [0.717, 1.165) is 37.9 Å². The number of hydrogen-bond donors (Lipinski definition) is 2. The topological polar surface area (TPSA) is 80.3 Å². The third kappa shape index (κ3) is 5.19. The van der Waals surface area contributed by atoms with Crippen LogP contribution in [0.5, 0.6) is 5.88 Å². The monoisotopic (exact) mass is 399 g/mol. The number of thiophene rings is 1. The summed E-state index contributed by atoms with van der Waals surface area (Å²) in [4.78, 5) is 29.6. The molecule has 2 N–H and O–H groups in total. The molecule has 0 unspecified atom stereocenters. The molecule has 0 aliphatic heterocycles. The minimum absolute atomic E-state index is 0.0696. The number of fused-ring (bicyclic) bond motifs is 1. The number of halogens is 3. The molecule has 3 rings (SSSR count). The maximum absolute atomic E-state index is 12.2. The molecule has 1 aliphatic rings. The van der Waals surface area contributed by atoms with E-state index in [4.69, 9.17) is 0 Å². The van der Waals surface area contributed by atoms with Gasteiger partial charge in [0.05, 0.1) is 10.4 Å². The molecule has 27 heavy (non-hydrogen) atoms. The van der Waals surface area contributed by atoms with Crippen molar-refractivity contribution in [1.29, 1.82) is 0 Å². The highest BCUT2D eigenvalue weighted by Crippen LogP contribution is 2.29. The molecule has 6 nitrogen and oxygen atoms in total. The van der Waals surface area contributed by atoms with Crippen molar-refractivity contribution in [2.24, 2.45) is 0 Å². The summed E-state index contributed by atoms with van der Waals surface area (Å²) in [6, 6.07) is 4.24. The SMILES string of the molecule is O=C(NNC(=O)c1cc2c(s1)CCCC2)c1ccc(OCC(F)(F)F)nc1. The summed E-state index contributed by atoms with van der Waals surface area (Å²) >= 11 is 1.42. The molecule has 1 aliphatic carbocycles. The maximum Gasteiger partial charge on any atom is 0.422 e. The van der Waals surface area contributed by atoms with Crippen LogP contribution in [-0.2, 0) is 12.8 Å². The van der Waals surface area contributed by atoms with Crippen LogP contribution in [0, 0.1) is 0 Å². The van der Waals surface area contributed by atoms with Crippen molar-refractivity contribution in [2.75, 3.05) is 6.61 Å². The number of nitrogens with zero attached hydrogens (tertiary/aromatic N) is 1. The number of aromatic nitrogens is 1. The van der Waals surface area contributed by atoms with Gasteiger partial charge in [-0.2, -0.15) is 13.2 Å². The fourth-order valence-corrected chi connectivity index (χ4v) is 3.75. The lowest BCUT2D eigenvalue weighted by Crippen LogP contribution is -2.41. The number of ether oxygens (including phenoxy) is 1. The number of hydrazine groups is 1. The van der Waals surface area contributed by atoms with Crippen LogP contribution in [0.4, 0.5) is 13.2 Å². The molecule has 10 heteroatoms. The molecule has 2 aromatic heterocycles. The first-order valence-electron chi connectivity index (χ1n) is 8.20. The van der Waals surface area contributed by atoms with Gasteiger partial charge < -0.3 is 4.74 Å². The van der Waals surface area contributed by atoms with Gasteiger partial charge in [0.25, 0.3) is 11.8 Å².